The highest BCUT2D eigenvalue weighted by atomic mass is 35.5. The lowest BCUT2D eigenvalue weighted by molar-refractivity contribution is 0.456. The van der Waals surface area contributed by atoms with E-state index in [4.69, 9.17) is 28.9 Å². The zero-order valence-electron chi connectivity index (χ0n) is 9.75. The van der Waals surface area contributed by atoms with Crippen LogP contribution >= 0.6 is 35.6 Å². The molecule has 0 bridgehead atoms. The molecule has 0 fully saturated rings. The topological polar surface area (TPSA) is 46.2 Å². The van der Waals surface area contributed by atoms with Crippen LogP contribution in [-0.4, -0.2) is 5.11 Å². The molecule has 0 aromatic heterocycles. The summed E-state index contributed by atoms with van der Waals surface area (Å²) in [7, 11) is 0. The van der Waals surface area contributed by atoms with Crippen molar-refractivity contribution < 1.29 is 5.11 Å². The second-order valence-corrected chi connectivity index (χ2v) is 4.77. The van der Waals surface area contributed by atoms with E-state index in [-0.39, 0.29) is 24.2 Å². The fraction of sp³-hybridized carbons (Fsp3) is 0.500. The van der Waals surface area contributed by atoms with Crippen molar-refractivity contribution >= 4 is 35.6 Å². The Bertz CT molecular complexity index is 335. The van der Waals surface area contributed by atoms with Crippen LogP contribution in [0.1, 0.15) is 44.2 Å². The number of aromatic hydroxyl groups is 1. The van der Waals surface area contributed by atoms with Gasteiger partial charge in [-0.15, -0.1) is 12.4 Å². The van der Waals surface area contributed by atoms with E-state index in [1.165, 1.54) is 6.07 Å². The first-order valence-electron chi connectivity index (χ1n) is 5.49. The highest BCUT2D eigenvalue weighted by Crippen LogP contribution is 2.35. The molecule has 3 N–H and O–H groups in total. The molecule has 0 amide bonds. The molecular formula is C12H18Cl3NO. The fourth-order valence-corrected chi connectivity index (χ4v) is 2.32. The Hall–Kier alpha value is -0.150. The van der Waals surface area contributed by atoms with E-state index in [0.717, 1.165) is 25.7 Å². The summed E-state index contributed by atoms with van der Waals surface area (Å²) in [5.74, 6) is 0.0847. The Kier molecular flexibility index (Phi) is 7.97. The summed E-state index contributed by atoms with van der Waals surface area (Å²) in [5.41, 5.74) is 6.60. The van der Waals surface area contributed by atoms with Crippen LogP contribution in [0.3, 0.4) is 0 Å². The molecular weight excluding hydrogens is 280 g/mol. The quantitative estimate of drug-likeness (QED) is 0.774. The third-order valence-corrected chi connectivity index (χ3v) is 3.09. The van der Waals surface area contributed by atoms with Crippen molar-refractivity contribution in [1.29, 1.82) is 0 Å². The van der Waals surface area contributed by atoms with Gasteiger partial charge in [0.15, 0.2) is 0 Å². The normalized spacial score (nSPS) is 12.0. The van der Waals surface area contributed by atoms with Gasteiger partial charge in [-0.2, -0.15) is 0 Å². The summed E-state index contributed by atoms with van der Waals surface area (Å²) in [6, 6.07) is 2.86. The first-order chi connectivity index (χ1) is 7.56. The molecule has 2 nitrogen and oxygen atoms in total. The van der Waals surface area contributed by atoms with Gasteiger partial charge < -0.3 is 10.8 Å². The summed E-state index contributed by atoms with van der Waals surface area (Å²) in [6.07, 6.45) is 4.14. The summed E-state index contributed by atoms with van der Waals surface area (Å²) in [4.78, 5) is 0. The van der Waals surface area contributed by atoms with Gasteiger partial charge in [0.2, 0.25) is 0 Å². The number of benzene rings is 1. The summed E-state index contributed by atoms with van der Waals surface area (Å²) < 4.78 is 0. The maximum absolute atomic E-state index is 9.75. The first-order valence-corrected chi connectivity index (χ1v) is 6.25. The second kappa shape index (κ2) is 8.04. The van der Waals surface area contributed by atoms with Crippen LogP contribution in [-0.2, 0) is 0 Å². The van der Waals surface area contributed by atoms with E-state index >= 15 is 0 Å². The number of halogens is 3. The van der Waals surface area contributed by atoms with E-state index in [1.54, 1.807) is 6.07 Å². The maximum Gasteiger partial charge on any atom is 0.123 e. The number of phenolic OH excluding ortho intramolecular Hbond substituents is 1. The molecule has 0 radical (unpaired) electrons. The van der Waals surface area contributed by atoms with Crippen molar-refractivity contribution in [2.75, 3.05) is 0 Å². The van der Waals surface area contributed by atoms with Crippen molar-refractivity contribution in [3.05, 3.63) is 27.7 Å². The Morgan fingerprint density at radius 3 is 2.47 bits per heavy atom. The molecule has 0 aliphatic rings. The van der Waals surface area contributed by atoms with Crippen LogP contribution in [0.5, 0.6) is 5.75 Å². The van der Waals surface area contributed by atoms with Gasteiger partial charge in [0, 0.05) is 16.6 Å². The van der Waals surface area contributed by atoms with Crippen molar-refractivity contribution in [1.82, 2.24) is 0 Å². The molecule has 0 saturated carbocycles. The van der Waals surface area contributed by atoms with Gasteiger partial charge in [-0.25, -0.2) is 0 Å². The molecule has 0 heterocycles. The van der Waals surface area contributed by atoms with Crippen molar-refractivity contribution in [2.24, 2.45) is 5.73 Å². The molecule has 1 aromatic rings. The fourth-order valence-electron chi connectivity index (χ4n) is 1.70. The summed E-state index contributed by atoms with van der Waals surface area (Å²) in [6.45, 7) is 2.14. The van der Waals surface area contributed by atoms with Gasteiger partial charge in [0.1, 0.15) is 5.75 Å². The van der Waals surface area contributed by atoms with E-state index in [9.17, 15) is 5.11 Å². The maximum atomic E-state index is 9.75. The van der Waals surface area contributed by atoms with E-state index < -0.39 is 0 Å². The van der Waals surface area contributed by atoms with Gasteiger partial charge in [0.05, 0.1) is 5.02 Å². The standard InChI is InChI=1S/C12H17Cl2NO.ClH/c1-2-3-4-5-10(15)12-9(14)6-8(13)7-11(12)16;/h6-7,10,16H,2-5,15H2,1H3;1H/t10-;/m0./s1. The third-order valence-electron chi connectivity index (χ3n) is 2.56. The highest BCUT2D eigenvalue weighted by Gasteiger charge is 2.15. The van der Waals surface area contributed by atoms with Crippen LogP contribution in [0.2, 0.25) is 10.0 Å². The van der Waals surface area contributed by atoms with Crippen LogP contribution in [0.25, 0.3) is 0 Å². The lowest BCUT2D eigenvalue weighted by atomic mass is 10.0. The molecule has 5 heteroatoms. The number of rotatable bonds is 5. The number of unbranched alkanes of at least 4 members (excludes halogenated alkanes) is 2. The zero-order chi connectivity index (χ0) is 12.1. The number of nitrogens with two attached hydrogens (primary N) is 1. The van der Waals surface area contributed by atoms with E-state index in [1.807, 2.05) is 0 Å². The second-order valence-electron chi connectivity index (χ2n) is 3.92. The first kappa shape index (κ1) is 16.9. The Labute approximate surface area is 119 Å². The highest BCUT2D eigenvalue weighted by molar-refractivity contribution is 6.35. The average Bonchev–Trinajstić information content (AvgIpc) is 2.16. The van der Waals surface area contributed by atoms with Gasteiger partial charge in [-0.3, -0.25) is 0 Å². The Balaban J connectivity index is 0.00000256. The Morgan fingerprint density at radius 1 is 1.29 bits per heavy atom. The zero-order valence-corrected chi connectivity index (χ0v) is 12.1. The SMILES string of the molecule is CCCCC[C@H](N)c1c(O)cc(Cl)cc1Cl.Cl. The molecule has 1 atom stereocenters. The number of hydrogen-bond donors (Lipinski definition) is 2. The summed E-state index contributed by atoms with van der Waals surface area (Å²) >= 11 is 11.8. The molecule has 17 heavy (non-hydrogen) atoms. The van der Waals surface area contributed by atoms with Crippen LogP contribution < -0.4 is 5.73 Å². The lowest BCUT2D eigenvalue weighted by Gasteiger charge is -2.15. The third kappa shape index (κ3) is 4.92. The van der Waals surface area contributed by atoms with Gasteiger partial charge in [0.25, 0.3) is 0 Å². The molecule has 0 unspecified atom stereocenters. The van der Waals surface area contributed by atoms with Crippen LogP contribution in [0.4, 0.5) is 0 Å². The van der Waals surface area contributed by atoms with Crippen molar-refractivity contribution in [3.63, 3.8) is 0 Å². The largest absolute Gasteiger partial charge is 0.508 e. The van der Waals surface area contributed by atoms with E-state index in [2.05, 4.69) is 6.92 Å². The molecule has 0 saturated heterocycles. The van der Waals surface area contributed by atoms with Crippen molar-refractivity contribution in [2.45, 2.75) is 38.6 Å². The predicted molar refractivity (Wildman–Crippen MR) is 76.4 cm³/mol. The molecule has 0 spiro atoms. The molecule has 0 aliphatic heterocycles. The Morgan fingerprint density at radius 2 is 1.94 bits per heavy atom. The molecule has 0 aliphatic carbocycles. The summed E-state index contributed by atoms with van der Waals surface area (Å²) in [5, 5.41) is 10.6. The van der Waals surface area contributed by atoms with Crippen LogP contribution in [0.15, 0.2) is 12.1 Å². The molecule has 98 valence electrons. The molecule has 1 aromatic carbocycles. The van der Waals surface area contributed by atoms with Gasteiger partial charge >= 0.3 is 0 Å². The molecule has 1 rings (SSSR count). The van der Waals surface area contributed by atoms with Gasteiger partial charge in [-0.1, -0.05) is 49.4 Å². The van der Waals surface area contributed by atoms with Crippen molar-refractivity contribution in [3.8, 4) is 5.75 Å². The smallest absolute Gasteiger partial charge is 0.123 e. The van der Waals surface area contributed by atoms with E-state index in [0.29, 0.717) is 15.6 Å². The van der Waals surface area contributed by atoms with Crippen LogP contribution in [0, 0.1) is 0 Å². The minimum Gasteiger partial charge on any atom is -0.508 e. The monoisotopic (exact) mass is 297 g/mol. The van der Waals surface area contributed by atoms with Gasteiger partial charge in [-0.05, 0) is 18.6 Å². The minimum atomic E-state index is -0.226. The predicted octanol–water partition coefficient (Wildman–Crippen LogP) is 4.70. The number of hydrogen-bond acceptors (Lipinski definition) is 2. The average molecular weight is 299 g/mol. The minimum absolute atomic E-state index is 0. The number of phenols is 1. The lowest BCUT2D eigenvalue weighted by Crippen LogP contribution is -2.11.